The van der Waals surface area contributed by atoms with Gasteiger partial charge in [-0.1, -0.05) is 29.8 Å². The lowest BCUT2D eigenvalue weighted by Crippen LogP contribution is -1.95. The molecule has 0 bridgehead atoms. The summed E-state index contributed by atoms with van der Waals surface area (Å²) in [4.78, 5) is 0. The maximum absolute atomic E-state index is 5.46. The summed E-state index contributed by atoms with van der Waals surface area (Å²) in [7, 11) is 0. The normalized spacial score (nSPS) is 12.6. The highest BCUT2D eigenvalue weighted by atomic mass is 16.7. The average molecular weight is 277 g/mol. The van der Waals surface area contributed by atoms with E-state index in [1.54, 1.807) is 0 Å². The molecule has 104 valence electrons. The number of fused-ring (bicyclic) bond motifs is 1. The third kappa shape index (κ3) is 2.07. The number of hydrogen-bond donors (Lipinski definition) is 0. The fraction of sp³-hybridized carbons (Fsp3) is 0.111. The Hall–Kier alpha value is -2.68. The number of aromatic nitrogens is 1. The minimum atomic E-state index is 0.301. The summed E-state index contributed by atoms with van der Waals surface area (Å²) in [5.74, 6) is 1.61. The molecule has 0 atom stereocenters. The van der Waals surface area contributed by atoms with Crippen LogP contribution >= 0.6 is 0 Å². The highest BCUT2D eigenvalue weighted by Crippen LogP contribution is 2.35. The van der Waals surface area contributed by atoms with Crippen molar-refractivity contribution in [3.63, 3.8) is 0 Å². The third-order valence-corrected chi connectivity index (χ3v) is 3.73. The van der Waals surface area contributed by atoms with Crippen molar-refractivity contribution in [2.75, 3.05) is 6.79 Å². The van der Waals surface area contributed by atoms with Gasteiger partial charge in [0.1, 0.15) is 0 Å². The molecule has 0 fully saturated rings. The summed E-state index contributed by atoms with van der Waals surface area (Å²) in [5.41, 5.74) is 4.69. The lowest BCUT2D eigenvalue weighted by molar-refractivity contribution is 0.174. The van der Waals surface area contributed by atoms with Gasteiger partial charge in [0.15, 0.2) is 11.5 Å². The van der Waals surface area contributed by atoms with Crippen molar-refractivity contribution < 1.29 is 9.47 Å². The van der Waals surface area contributed by atoms with Gasteiger partial charge in [-0.05, 0) is 36.8 Å². The summed E-state index contributed by atoms with van der Waals surface area (Å²) < 4.78 is 13.0. The van der Waals surface area contributed by atoms with E-state index in [0.717, 1.165) is 22.9 Å². The molecule has 3 nitrogen and oxygen atoms in total. The van der Waals surface area contributed by atoms with Gasteiger partial charge in [-0.3, -0.25) is 0 Å². The van der Waals surface area contributed by atoms with Crippen molar-refractivity contribution in [1.29, 1.82) is 0 Å². The second-order valence-electron chi connectivity index (χ2n) is 5.17. The molecule has 0 spiro atoms. The minimum absolute atomic E-state index is 0.301. The second kappa shape index (κ2) is 4.70. The molecule has 3 aromatic rings. The van der Waals surface area contributed by atoms with Crippen molar-refractivity contribution in [2.45, 2.75) is 6.92 Å². The Bertz CT molecular complexity index is 787. The zero-order valence-corrected chi connectivity index (χ0v) is 11.7. The number of rotatable bonds is 2. The van der Waals surface area contributed by atoms with E-state index in [9.17, 15) is 0 Å². The predicted molar refractivity (Wildman–Crippen MR) is 82.1 cm³/mol. The molecular formula is C18H15NO2. The van der Waals surface area contributed by atoms with Crippen molar-refractivity contribution >= 4 is 0 Å². The Morgan fingerprint density at radius 1 is 0.905 bits per heavy atom. The SMILES string of the molecule is Cc1ccc(-c2cccn2-c2ccc3c(c2)OCO3)cc1. The van der Waals surface area contributed by atoms with Gasteiger partial charge in [0.2, 0.25) is 6.79 Å². The van der Waals surface area contributed by atoms with Crippen LogP contribution < -0.4 is 9.47 Å². The first-order chi connectivity index (χ1) is 10.3. The van der Waals surface area contributed by atoms with Crippen LogP contribution in [0.4, 0.5) is 0 Å². The maximum Gasteiger partial charge on any atom is 0.231 e. The topological polar surface area (TPSA) is 23.4 Å². The monoisotopic (exact) mass is 277 g/mol. The van der Waals surface area contributed by atoms with Crippen LogP contribution in [0.25, 0.3) is 16.9 Å². The molecule has 0 aliphatic carbocycles. The van der Waals surface area contributed by atoms with E-state index in [4.69, 9.17) is 9.47 Å². The lowest BCUT2D eigenvalue weighted by Gasteiger charge is -2.10. The van der Waals surface area contributed by atoms with Crippen LogP contribution in [0.3, 0.4) is 0 Å². The van der Waals surface area contributed by atoms with Gasteiger partial charge < -0.3 is 14.0 Å². The summed E-state index contributed by atoms with van der Waals surface area (Å²) in [6, 6.07) is 18.7. The van der Waals surface area contributed by atoms with E-state index in [1.165, 1.54) is 11.1 Å². The maximum atomic E-state index is 5.46. The van der Waals surface area contributed by atoms with E-state index in [-0.39, 0.29) is 0 Å². The smallest absolute Gasteiger partial charge is 0.231 e. The van der Waals surface area contributed by atoms with Crippen molar-refractivity contribution in [3.05, 3.63) is 66.4 Å². The van der Waals surface area contributed by atoms with Gasteiger partial charge in [0.05, 0.1) is 5.69 Å². The largest absolute Gasteiger partial charge is 0.454 e. The fourth-order valence-electron chi connectivity index (χ4n) is 2.60. The molecule has 1 aliphatic rings. The molecular weight excluding hydrogens is 262 g/mol. The first kappa shape index (κ1) is 12.1. The van der Waals surface area contributed by atoms with Crippen LogP contribution in [0.5, 0.6) is 11.5 Å². The summed E-state index contributed by atoms with van der Waals surface area (Å²) in [6.07, 6.45) is 2.06. The summed E-state index contributed by atoms with van der Waals surface area (Å²) in [6.45, 7) is 2.40. The Kier molecular flexibility index (Phi) is 2.71. The molecule has 21 heavy (non-hydrogen) atoms. The van der Waals surface area contributed by atoms with Crippen LogP contribution in [0, 0.1) is 6.92 Å². The van der Waals surface area contributed by atoms with Crippen molar-refractivity contribution in [1.82, 2.24) is 4.57 Å². The quantitative estimate of drug-likeness (QED) is 0.701. The molecule has 3 heteroatoms. The van der Waals surface area contributed by atoms with Gasteiger partial charge in [0, 0.05) is 18.0 Å². The van der Waals surface area contributed by atoms with E-state index < -0.39 is 0 Å². The molecule has 0 unspecified atom stereocenters. The van der Waals surface area contributed by atoms with Crippen LogP contribution in [0.15, 0.2) is 60.8 Å². The summed E-state index contributed by atoms with van der Waals surface area (Å²) >= 11 is 0. The van der Waals surface area contributed by atoms with Gasteiger partial charge in [0.25, 0.3) is 0 Å². The predicted octanol–water partition coefficient (Wildman–Crippen LogP) is 4.18. The first-order valence-corrected chi connectivity index (χ1v) is 6.96. The standard InChI is InChI=1S/C18H15NO2/c1-13-4-6-14(7-5-13)16-3-2-10-19(16)15-8-9-17-18(11-15)21-12-20-17/h2-11H,12H2,1H3. The van der Waals surface area contributed by atoms with Gasteiger partial charge in [-0.15, -0.1) is 0 Å². The highest BCUT2D eigenvalue weighted by Gasteiger charge is 2.15. The van der Waals surface area contributed by atoms with Crippen LogP contribution in [-0.2, 0) is 0 Å². The second-order valence-corrected chi connectivity index (χ2v) is 5.17. The molecule has 1 aliphatic heterocycles. The van der Waals surface area contributed by atoms with Gasteiger partial charge in [-0.25, -0.2) is 0 Å². The molecule has 0 amide bonds. The molecule has 4 rings (SSSR count). The molecule has 0 N–H and O–H groups in total. The van der Waals surface area contributed by atoms with Crippen LogP contribution in [0.2, 0.25) is 0 Å². The molecule has 2 aromatic carbocycles. The van der Waals surface area contributed by atoms with E-state index in [1.807, 2.05) is 18.2 Å². The fourth-order valence-corrected chi connectivity index (χ4v) is 2.60. The zero-order valence-electron chi connectivity index (χ0n) is 11.7. The Morgan fingerprint density at radius 2 is 1.71 bits per heavy atom. The van der Waals surface area contributed by atoms with E-state index in [0.29, 0.717) is 6.79 Å². The number of hydrogen-bond acceptors (Lipinski definition) is 2. The Morgan fingerprint density at radius 3 is 2.57 bits per heavy atom. The summed E-state index contributed by atoms with van der Waals surface area (Å²) in [5, 5.41) is 0. The Balaban J connectivity index is 1.80. The highest BCUT2D eigenvalue weighted by molar-refractivity contribution is 5.64. The molecule has 0 saturated carbocycles. The molecule has 2 heterocycles. The zero-order chi connectivity index (χ0) is 14.2. The van der Waals surface area contributed by atoms with E-state index >= 15 is 0 Å². The van der Waals surface area contributed by atoms with Crippen LogP contribution in [-0.4, -0.2) is 11.4 Å². The van der Waals surface area contributed by atoms with Crippen molar-refractivity contribution in [3.8, 4) is 28.4 Å². The van der Waals surface area contributed by atoms with Gasteiger partial charge >= 0.3 is 0 Å². The Labute approximate surface area is 123 Å². The first-order valence-electron chi connectivity index (χ1n) is 6.96. The van der Waals surface area contributed by atoms with E-state index in [2.05, 4.69) is 54.1 Å². The number of nitrogens with zero attached hydrogens (tertiary/aromatic N) is 1. The lowest BCUT2D eigenvalue weighted by atomic mass is 10.1. The molecule has 0 saturated heterocycles. The van der Waals surface area contributed by atoms with Gasteiger partial charge in [-0.2, -0.15) is 0 Å². The number of benzene rings is 2. The van der Waals surface area contributed by atoms with Crippen LogP contribution in [0.1, 0.15) is 5.56 Å². The minimum Gasteiger partial charge on any atom is -0.454 e. The number of ether oxygens (including phenoxy) is 2. The van der Waals surface area contributed by atoms with Crippen molar-refractivity contribution in [2.24, 2.45) is 0 Å². The average Bonchev–Trinajstić information content (AvgIpc) is 3.16. The number of aryl methyl sites for hydroxylation is 1. The molecule has 0 radical (unpaired) electrons. The molecule has 1 aromatic heterocycles. The third-order valence-electron chi connectivity index (χ3n) is 3.73.